The second-order valence-electron chi connectivity index (χ2n) is 6.41. The van der Waals surface area contributed by atoms with E-state index in [4.69, 9.17) is 12.2 Å². The molecule has 0 aliphatic rings. The first-order valence-corrected chi connectivity index (χ1v) is 9.29. The number of anilines is 2. The zero-order valence-electron chi connectivity index (χ0n) is 15.1. The van der Waals surface area contributed by atoms with E-state index < -0.39 is 0 Å². The van der Waals surface area contributed by atoms with Crippen molar-refractivity contribution in [2.45, 2.75) is 32.7 Å². The first-order chi connectivity index (χ1) is 12.6. The lowest BCUT2D eigenvalue weighted by Gasteiger charge is -2.13. The van der Waals surface area contributed by atoms with Gasteiger partial charge in [-0.05, 0) is 66.0 Å². The predicted octanol–water partition coefficient (Wildman–Crippen LogP) is 5.25. The Morgan fingerprint density at radius 3 is 2.19 bits per heavy atom. The molecule has 134 valence electrons. The van der Waals surface area contributed by atoms with Gasteiger partial charge in [-0.2, -0.15) is 5.10 Å². The molecule has 2 aromatic carbocycles. The molecule has 0 spiro atoms. The molecule has 3 rings (SSSR count). The second kappa shape index (κ2) is 8.63. The van der Waals surface area contributed by atoms with Crippen LogP contribution in [0.1, 0.15) is 37.3 Å². The van der Waals surface area contributed by atoms with E-state index in [1.54, 1.807) is 6.20 Å². The SMILES string of the molecule is CCC(C)c1ccc(NC(=S)Nc2ccc(Cn3cccn3)cc2)cc1. The van der Waals surface area contributed by atoms with Gasteiger partial charge in [-0.3, -0.25) is 4.68 Å². The number of hydrogen-bond donors (Lipinski definition) is 2. The van der Waals surface area contributed by atoms with Crippen molar-refractivity contribution in [3.63, 3.8) is 0 Å². The molecule has 0 aliphatic heterocycles. The van der Waals surface area contributed by atoms with Crippen molar-refractivity contribution in [1.29, 1.82) is 0 Å². The van der Waals surface area contributed by atoms with Gasteiger partial charge in [0.25, 0.3) is 0 Å². The molecule has 1 heterocycles. The van der Waals surface area contributed by atoms with Crippen LogP contribution in [0, 0.1) is 0 Å². The Labute approximate surface area is 160 Å². The lowest BCUT2D eigenvalue weighted by Crippen LogP contribution is -2.19. The fraction of sp³-hybridized carbons (Fsp3) is 0.238. The Kier molecular flexibility index (Phi) is 6.02. The van der Waals surface area contributed by atoms with E-state index in [1.165, 1.54) is 11.1 Å². The van der Waals surface area contributed by atoms with Gasteiger partial charge in [-0.25, -0.2) is 0 Å². The van der Waals surface area contributed by atoms with Gasteiger partial charge < -0.3 is 10.6 Å². The van der Waals surface area contributed by atoms with Gasteiger partial charge in [0, 0.05) is 23.8 Å². The summed E-state index contributed by atoms with van der Waals surface area (Å²) in [6.07, 6.45) is 4.89. The Morgan fingerprint density at radius 2 is 1.65 bits per heavy atom. The third kappa shape index (κ3) is 4.92. The summed E-state index contributed by atoms with van der Waals surface area (Å²) in [6.45, 7) is 5.21. The maximum Gasteiger partial charge on any atom is 0.175 e. The van der Waals surface area contributed by atoms with E-state index in [9.17, 15) is 0 Å². The summed E-state index contributed by atoms with van der Waals surface area (Å²) >= 11 is 5.42. The van der Waals surface area contributed by atoms with Crippen LogP contribution in [0.2, 0.25) is 0 Å². The van der Waals surface area contributed by atoms with Crippen LogP contribution in [0.25, 0.3) is 0 Å². The first-order valence-electron chi connectivity index (χ1n) is 8.88. The minimum Gasteiger partial charge on any atom is -0.332 e. The van der Waals surface area contributed by atoms with E-state index in [1.807, 2.05) is 29.1 Å². The van der Waals surface area contributed by atoms with Crippen molar-refractivity contribution in [2.75, 3.05) is 10.6 Å². The molecular weight excluding hydrogens is 340 g/mol. The van der Waals surface area contributed by atoms with E-state index in [0.717, 1.165) is 24.3 Å². The Bertz CT molecular complexity index is 823. The summed E-state index contributed by atoms with van der Waals surface area (Å²) in [7, 11) is 0. The average molecular weight is 365 g/mol. The summed E-state index contributed by atoms with van der Waals surface area (Å²) < 4.78 is 1.90. The summed E-state index contributed by atoms with van der Waals surface area (Å²) in [4.78, 5) is 0. The highest BCUT2D eigenvalue weighted by Gasteiger charge is 2.04. The van der Waals surface area contributed by atoms with Crippen LogP contribution in [0.5, 0.6) is 0 Å². The third-order valence-corrected chi connectivity index (χ3v) is 4.67. The molecule has 0 saturated heterocycles. The van der Waals surface area contributed by atoms with Gasteiger partial charge in [-0.15, -0.1) is 0 Å². The molecule has 1 aromatic heterocycles. The highest BCUT2D eigenvalue weighted by atomic mass is 32.1. The van der Waals surface area contributed by atoms with Gasteiger partial charge in [0.1, 0.15) is 0 Å². The number of nitrogens with zero attached hydrogens (tertiary/aromatic N) is 2. The van der Waals surface area contributed by atoms with Crippen LogP contribution in [0.4, 0.5) is 11.4 Å². The van der Waals surface area contributed by atoms with E-state index in [-0.39, 0.29) is 0 Å². The van der Waals surface area contributed by atoms with Crippen molar-refractivity contribution < 1.29 is 0 Å². The summed E-state index contributed by atoms with van der Waals surface area (Å²) in [5.41, 5.74) is 4.50. The van der Waals surface area contributed by atoms with E-state index in [0.29, 0.717) is 11.0 Å². The molecule has 1 unspecified atom stereocenters. The minimum absolute atomic E-state index is 0.578. The molecule has 2 N–H and O–H groups in total. The molecule has 1 atom stereocenters. The largest absolute Gasteiger partial charge is 0.332 e. The fourth-order valence-corrected chi connectivity index (χ4v) is 2.93. The van der Waals surface area contributed by atoms with Crippen molar-refractivity contribution in [3.8, 4) is 0 Å². The second-order valence-corrected chi connectivity index (χ2v) is 6.82. The molecule has 0 saturated carbocycles. The van der Waals surface area contributed by atoms with Crippen molar-refractivity contribution >= 4 is 28.7 Å². The number of rotatable bonds is 6. The highest BCUT2D eigenvalue weighted by Crippen LogP contribution is 2.20. The lowest BCUT2D eigenvalue weighted by molar-refractivity contribution is 0.687. The van der Waals surface area contributed by atoms with E-state index in [2.05, 4.69) is 66.0 Å². The van der Waals surface area contributed by atoms with Crippen molar-refractivity contribution in [3.05, 3.63) is 78.1 Å². The monoisotopic (exact) mass is 364 g/mol. The van der Waals surface area contributed by atoms with E-state index >= 15 is 0 Å². The van der Waals surface area contributed by atoms with Gasteiger partial charge in [0.2, 0.25) is 0 Å². The van der Waals surface area contributed by atoms with Crippen LogP contribution >= 0.6 is 12.2 Å². The predicted molar refractivity (Wildman–Crippen MR) is 113 cm³/mol. The molecule has 5 heteroatoms. The Balaban J connectivity index is 1.54. The molecule has 0 radical (unpaired) electrons. The quantitative estimate of drug-likeness (QED) is 0.586. The normalized spacial score (nSPS) is 11.8. The first kappa shape index (κ1) is 18.1. The Hall–Kier alpha value is -2.66. The number of aromatic nitrogens is 2. The molecular formula is C21H24N4S. The molecule has 0 bridgehead atoms. The zero-order chi connectivity index (χ0) is 18.4. The van der Waals surface area contributed by atoms with Crippen LogP contribution in [-0.2, 0) is 6.54 Å². The van der Waals surface area contributed by atoms with Crippen LogP contribution in [0.15, 0.2) is 67.0 Å². The molecule has 4 nitrogen and oxygen atoms in total. The number of hydrogen-bond acceptors (Lipinski definition) is 2. The van der Waals surface area contributed by atoms with Gasteiger partial charge >= 0.3 is 0 Å². The number of nitrogens with one attached hydrogen (secondary N) is 2. The highest BCUT2D eigenvalue weighted by molar-refractivity contribution is 7.80. The van der Waals surface area contributed by atoms with Crippen molar-refractivity contribution in [2.24, 2.45) is 0 Å². The summed E-state index contributed by atoms with van der Waals surface area (Å²) in [5, 5.41) is 11.3. The van der Waals surface area contributed by atoms with Crippen LogP contribution < -0.4 is 10.6 Å². The molecule has 0 fully saturated rings. The third-order valence-electron chi connectivity index (χ3n) is 4.47. The average Bonchev–Trinajstić information content (AvgIpc) is 3.16. The minimum atomic E-state index is 0.578. The van der Waals surface area contributed by atoms with Crippen LogP contribution in [-0.4, -0.2) is 14.9 Å². The smallest absolute Gasteiger partial charge is 0.175 e. The van der Waals surface area contributed by atoms with Gasteiger partial charge in [-0.1, -0.05) is 38.1 Å². The molecule has 3 aromatic rings. The molecule has 0 amide bonds. The van der Waals surface area contributed by atoms with Gasteiger partial charge in [0.05, 0.1) is 6.54 Å². The summed E-state index contributed by atoms with van der Waals surface area (Å²) in [5.74, 6) is 0.578. The van der Waals surface area contributed by atoms with Gasteiger partial charge in [0.15, 0.2) is 5.11 Å². The van der Waals surface area contributed by atoms with Crippen LogP contribution in [0.3, 0.4) is 0 Å². The maximum absolute atomic E-state index is 5.42. The molecule has 0 aliphatic carbocycles. The topological polar surface area (TPSA) is 41.9 Å². The van der Waals surface area contributed by atoms with Crippen molar-refractivity contribution in [1.82, 2.24) is 9.78 Å². The number of benzene rings is 2. The fourth-order valence-electron chi connectivity index (χ4n) is 2.70. The Morgan fingerprint density at radius 1 is 1.04 bits per heavy atom. The maximum atomic E-state index is 5.42. The standard InChI is InChI=1S/C21H24N4S/c1-3-16(2)18-7-11-20(12-8-18)24-21(26)23-19-9-5-17(6-10-19)15-25-14-4-13-22-25/h4-14,16H,3,15H2,1-2H3,(H2,23,24,26). The summed E-state index contributed by atoms with van der Waals surface area (Å²) in [6, 6.07) is 18.6. The lowest BCUT2D eigenvalue weighted by atomic mass is 9.99. The molecule has 26 heavy (non-hydrogen) atoms. The zero-order valence-corrected chi connectivity index (χ0v) is 16.0. The number of thiocarbonyl (C=S) groups is 1.